The van der Waals surface area contributed by atoms with Crippen molar-refractivity contribution in [3.05, 3.63) is 17.8 Å². The van der Waals surface area contributed by atoms with Crippen molar-refractivity contribution >= 4 is 0 Å². The Morgan fingerprint density at radius 2 is 2.08 bits per heavy atom. The first-order valence-electron chi connectivity index (χ1n) is 4.61. The van der Waals surface area contributed by atoms with Crippen molar-refractivity contribution < 1.29 is 4.74 Å². The Kier molecular flexibility index (Phi) is 3.68. The molecule has 0 radical (unpaired) electrons. The monoisotopic (exact) mass is 180 g/mol. The summed E-state index contributed by atoms with van der Waals surface area (Å²) in [5.74, 6) is 1.28. The minimum atomic E-state index is 0.617. The largest absolute Gasteiger partial charge is 0.477 e. The highest BCUT2D eigenvalue weighted by molar-refractivity contribution is 5.09. The molecule has 0 aliphatic carbocycles. The zero-order valence-corrected chi connectivity index (χ0v) is 8.45. The number of aryl methyl sites for hydroxylation is 1. The summed E-state index contributed by atoms with van der Waals surface area (Å²) >= 11 is 0. The summed E-state index contributed by atoms with van der Waals surface area (Å²) in [7, 11) is 0. The molecule has 3 nitrogen and oxygen atoms in total. The lowest BCUT2D eigenvalue weighted by molar-refractivity contribution is 0.276. The molecule has 0 aliphatic rings. The molecule has 0 aliphatic heterocycles. The Labute approximate surface area is 79.1 Å². The van der Waals surface area contributed by atoms with E-state index in [1.54, 1.807) is 0 Å². The topological polar surface area (TPSA) is 35.0 Å². The van der Waals surface area contributed by atoms with Gasteiger partial charge in [-0.15, -0.1) is 5.10 Å². The lowest BCUT2D eigenvalue weighted by Crippen LogP contribution is -2.03. The maximum Gasteiger partial charge on any atom is 0.233 e. The first kappa shape index (κ1) is 9.96. The van der Waals surface area contributed by atoms with Crippen LogP contribution in [0.1, 0.15) is 26.0 Å². The van der Waals surface area contributed by atoms with Crippen LogP contribution in [0.3, 0.4) is 0 Å². The Bertz CT molecular complexity index is 244. The molecular formula is C10H16N2O. The highest BCUT2D eigenvalue weighted by Crippen LogP contribution is 2.06. The number of ether oxygens (including phenoxy) is 1. The molecule has 0 atom stereocenters. The average Bonchev–Trinajstić information content (AvgIpc) is 2.08. The van der Waals surface area contributed by atoms with Gasteiger partial charge in [-0.3, -0.25) is 0 Å². The molecule has 1 heterocycles. The van der Waals surface area contributed by atoms with E-state index in [1.807, 2.05) is 19.1 Å². The van der Waals surface area contributed by atoms with Gasteiger partial charge in [0.05, 0.1) is 12.3 Å². The van der Waals surface area contributed by atoms with Gasteiger partial charge in [0.2, 0.25) is 5.88 Å². The van der Waals surface area contributed by atoms with Crippen LogP contribution in [-0.2, 0) is 0 Å². The summed E-state index contributed by atoms with van der Waals surface area (Å²) in [6.07, 6.45) is 1.05. The fraction of sp³-hybridized carbons (Fsp3) is 0.600. The van der Waals surface area contributed by atoms with E-state index < -0.39 is 0 Å². The summed E-state index contributed by atoms with van der Waals surface area (Å²) in [5, 5.41) is 7.80. The van der Waals surface area contributed by atoms with Crippen LogP contribution in [0.25, 0.3) is 0 Å². The molecule has 0 unspecified atom stereocenters. The van der Waals surface area contributed by atoms with Gasteiger partial charge in [0.25, 0.3) is 0 Å². The molecule has 1 aromatic rings. The molecule has 0 spiro atoms. The summed E-state index contributed by atoms with van der Waals surface area (Å²) in [6.45, 7) is 6.97. The lowest BCUT2D eigenvalue weighted by atomic mass is 10.1. The molecular weight excluding hydrogens is 164 g/mol. The van der Waals surface area contributed by atoms with Crippen LogP contribution in [0.5, 0.6) is 5.88 Å². The highest BCUT2D eigenvalue weighted by atomic mass is 16.5. The van der Waals surface area contributed by atoms with E-state index in [9.17, 15) is 0 Å². The Morgan fingerprint density at radius 3 is 2.62 bits per heavy atom. The summed E-state index contributed by atoms with van der Waals surface area (Å²) in [4.78, 5) is 0. The van der Waals surface area contributed by atoms with Crippen molar-refractivity contribution in [2.75, 3.05) is 6.61 Å². The van der Waals surface area contributed by atoms with Crippen LogP contribution >= 0.6 is 0 Å². The second-order valence-corrected chi connectivity index (χ2v) is 3.54. The molecule has 0 saturated carbocycles. The van der Waals surface area contributed by atoms with Gasteiger partial charge < -0.3 is 4.74 Å². The molecule has 72 valence electrons. The normalized spacial score (nSPS) is 10.5. The third-order valence-corrected chi connectivity index (χ3v) is 1.72. The SMILES string of the molecule is Cc1ccc(OCCC(C)C)nn1. The number of aromatic nitrogens is 2. The fourth-order valence-corrected chi connectivity index (χ4v) is 0.863. The van der Waals surface area contributed by atoms with Crippen molar-refractivity contribution in [1.29, 1.82) is 0 Å². The maximum absolute atomic E-state index is 5.40. The van der Waals surface area contributed by atoms with Crippen molar-refractivity contribution in [2.45, 2.75) is 27.2 Å². The first-order valence-corrected chi connectivity index (χ1v) is 4.61. The van der Waals surface area contributed by atoms with E-state index in [0.717, 1.165) is 18.7 Å². The summed E-state index contributed by atoms with van der Waals surface area (Å²) in [6, 6.07) is 3.75. The number of nitrogens with zero attached hydrogens (tertiary/aromatic N) is 2. The van der Waals surface area contributed by atoms with Crippen molar-refractivity contribution in [2.24, 2.45) is 5.92 Å². The molecule has 13 heavy (non-hydrogen) atoms. The van der Waals surface area contributed by atoms with Gasteiger partial charge in [-0.2, -0.15) is 5.10 Å². The van der Waals surface area contributed by atoms with Gasteiger partial charge >= 0.3 is 0 Å². The van der Waals surface area contributed by atoms with Crippen LogP contribution in [-0.4, -0.2) is 16.8 Å². The fourth-order valence-electron chi connectivity index (χ4n) is 0.863. The number of hydrogen-bond donors (Lipinski definition) is 0. The second kappa shape index (κ2) is 4.80. The molecule has 0 bridgehead atoms. The van der Waals surface area contributed by atoms with Gasteiger partial charge in [-0.25, -0.2) is 0 Å². The van der Waals surface area contributed by atoms with Gasteiger partial charge in [-0.1, -0.05) is 13.8 Å². The minimum absolute atomic E-state index is 0.617. The van der Waals surface area contributed by atoms with Crippen LogP contribution in [0.4, 0.5) is 0 Å². The molecule has 1 rings (SSSR count). The van der Waals surface area contributed by atoms with E-state index >= 15 is 0 Å². The standard InChI is InChI=1S/C10H16N2O/c1-8(2)6-7-13-10-5-4-9(3)11-12-10/h4-5,8H,6-7H2,1-3H3. The Hall–Kier alpha value is -1.12. The van der Waals surface area contributed by atoms with Crippen molar-refractivity contribution in [1.82, 2.24) is 10.2 Å². The van der Waals surface area contributed by atoms with E-state index in [0.29, 0.717) is 11.8 Å². The maximum atomic E-state index is 5.40. The third-order valence-electron chi connectivity index (χ3n) is 1.72. The van der Waals surface area contributed by atoms with E-state index in [2.05, 4.69) is 24.0 Å². The zero-order valence-electron chi connectivity index (χ0n) is 8.45. The van der Waals surface area contributed by atoms with Crippen molar-refractivity contribution in [3.63, 3.8) is 0 Å². The van der Waals surface area contributed by atoms with Gasteiger partial charge in [0.1, 0.15) is 0 Å². The van der Waals surface area contributed by atoms with E-state index in [-0.39, 0.29) is 0 Å². The van der Waals surface area contributed by atoms with E-state index in [4.69, 9.17) is 4.74 Å². The quantitative estimate of drug-likeness (QED) is 0.712. The summed E-state index contributed by atoms with van der Waals surface area (Å²) < 4.78 is 5.40. The third kappa shape index (κ3) is 3.87. The molecule has 0 amide bonds. The predicted molar refractivity (Wildman–Crippen MR) is 51.7 cm³/mol. The van der Waals surface area contributed by atoms with Crippen LogP contribution in [0, 0.1) is 12.8 Å². The van der Waals surface area contributed by atoms with E-state index in [1.165, 1.54) is 0 Å². The first-order chi connectivity index (χ1) is 6.18. The molecule has 0 saturated heterocycles. The average molecular weight is 180 g/mol. The molecule has 0 aromatic carbocycles. The number of rotatable bonds is 4. The molecule has 0 fully saturated rings. The highest BCUT2D eigenvalue weighted by Gasteiger charge is 1.97. The Morgan fingerprint density at radius 1 is 1.31 bits per heavy atom. The molecule has 1 aromatic heterocycles. The Balaban J connectivity index is 2.33. The van der Waals surface area contributed by atoms with Gasteiger partial charge in [0.15, 0.2) is 0 Å². The van der Waals surface area contributed by atoms with Gasteiger partial charge in [-0.05, 0) is 25.3 Å². The minimum Gasteiger partial charge on any atom is -0.477 e. The van der Waals surface area contributed by atoms with Crippen LogP contribution < -0.4 is 4.74 Å². The number of hydrogen-bond acceptors (Lipinski definition) is 3. The molecule has 3 heteroatoms. The summed E-state index contributed by atoms with van der Waals surface area (Å²) in [5.41, 5.74) is 0.913. The smallest absolute Gasteiger partial charge is 0.233 e. The molecule has 0 N–H and O–H groups in total. The predicted octanol–water partition coefficient (Wildman–Crippen LogP) is 2.21. The van der Waals surface area contributed by atoms with Crippen molar-refractivity contribution in [3.8, 4) is 5.88 Å². The lowest BCUT2D eigenvalue weighted by Gasteiger charge is -2.06. The van der Waals surface area contributed by atoms with Crippen LogP contribution in [0.2, 0.25) is 0 Å². The second-order valence-electron chi connectivity index (χ2n) is 3.54. The zero-order chi connectivity index (χ0) is 9.68. The van der Waals surface area contributed by atoms with Gasteiger partial charge in [0, 0.05) is 6.07 Å². The van der Waals surface area contributed by atoms with Crippen LogP contribution in [0.15, 0.2) is 12.1 Å².